The first-order valence-electron chi connectivity index (χ1n) is 5.74. The number of nitrogens with zero attached hydrogens (tertiary/aromatic N) is 3. The van der Waals surface area contributed by atoms with Crippen LogP contribution < -0.4 is 0 Å². The third-order valence-corrected chi connectivity index (χ3v) is 4.20. The summed E-state index contributed by atoms with van der Waals surface area (Å²) in [6.07, 6.45) is 2.45. The summed E-state index contributed by atoms with van der Waals surface area (Å²) in [7, 11) is 0. The van der Waals surface area contributed by atoms with Gasteiger partial charge in [-0.05, 0) is 43.4 Å². The van der Waals surface area contributed by atoms with Gasteiger partial charge in [0.05, 0.1) is 0 Å². The summed E-state index contributed by atoms with van der Waals surface area (Å²) >= 11 is 2.04. The molecule has 1 aliphatic heterocycles. The molecule has 16 heavy (non-hydrogen) atoms. The van der Waals surface area contributed by atoms with Gasteiger partial charge in [0.2, 0.25) is 0 Å². The minimum Gasteiger partial charge on any atom is -0.218 e. The summed E-state index contributed by atoms with van der Waals surface area (Å²) in [6, 6.07) is 6.14. The third-order valence-electron chi connectivity index (χ3n) is 3.15. The number of hydrogen-bond donors (Lipinski definition) is 0. The number of thioether (sulfide) groups is 1. The maximum absolute atomic E-state index is 4.64. The fraction of sp³-hybridized carbons (Fsp3) is 0.500. The van der Waals surface area contributed by atoms with Gasteiger partial charge in [0.1, 0.15) is 0 Å². The normalized spacial score (nSPS) is 18.1. The Hall–Kier alpha value is -1.03. The van der Waals surface area contributed by atoms with Gasteiger partial charge >= 0.3 is 0 Å². The first-order valence-corrected chi connectivity index (χ1v) is 6.90. The molecule has 0 bridgehead atoms. The molecule has 84 valence electrons. The summed E-state index contributed by atoms with van der Waals surface area (Å²) in [5, 5.41) is 4.63. The van der Waals surface area contributed by atoms with Gasteiger partial charge in [-0.1, -0.05) is 6.07 Å². The van der Waals surface area contributed by atoms with Crippen molar-refractivity contribution in [2.24, 2.45) is 0 Å². The molecule has 1 aliphatic rings. The fourth-order valence-electron chi connectivity index (χ4n) is 2.18. The van der Waals surface area contributed by atoms with Crippen molar-refractivity contribution in [3.8, 4) is 0 Å². The maximum Gasteiger partial charge on any atom is 0.155 e. The number of aromatic nitrogens is 3. The second-order valence-corrected chi connectivity index (χ2v) is 5.52. The number of pyridine rings is 1. The second kappa shape index (κ2) is 4.09. The lowest BCUT2D eigenvalue weighted by molar-refractivity contribution is 0.597. The van der Waals surface area contributed by atoms with Crippen molar-refractivity contribution in [2.45, 2.75) is 25.7 Å². The van der Waals surface area contributed by atoms with Crippen molar-refractivity contribution in [1.82, 2.24) is 14.6 Å². The van der Waals surface area contributed by atoms with Crippen LogP contribution >= 0.6 is 11.8 Å². The third kappa shape index (κ3) is 1.71. The largest absolute Gasteiger partial charge is 0.218 e. The van der Waals surface area contributed by atoms with Gasteiger partial charge in [-0.25, -0.2) is 9.50 Å². The van der Waals surface area contributed by atoms with E-state index in [1.54, 1.807) is 0 Å². The average Bonchev–Trinajstić information content (AvgIpc) is 2.76. The van der Waals surface area contributed by atoms with E-state index in [1.807, 2.05) is 28.4 Å². The Kier molecular flexibility index (Phi) is 2.59. The van der Waals surface area contributed by atoms with Crippen LogP contribution in [-0.4, -0.2) is 26.1 Å². The molecule has 0 spiro atoms. The van der Waals surface area contributed by atoms with Gasteiger partial charge in [0, 0.05) is 11.6 Å². The lowest BCUT2D eigenvalue weighted by Gasteiger charge is -2.17. The summed E-state index contributed by atoms with van der Waals surface area (Å²) in [5.41, 5.74) is 2.13. The van der Waals surface area contributed by atoms with Gasteiger partial charge in [-0.15, -0.1) is 0 Å². The van der Waals surface area contributed by atoms with Crippen molar-refractivity contribution in [2.75, 3.05) is 11.5 Å². The van der Waals surface area contributed by atoms with Gasteiger partial charge < -0.3 is 0 Å². The molecular weight excluding hydrogens is 218 g/mol. The zero-order valence-corrected chi connectivity index (χ0v) is 10.2. The Bertz CT molecular complexity index is 500. The van der Waals surface area contributed by atoms with E-state index >= 15 is 0 Å². The van der Waals surface area contributed by atoms with Crippen molar-refractivity contribution in [1.29, 1.82) is 0 Å². The monoisotopic (exact) mass is 233 g/mol. The molecule has 0 aliphatic carbocycles. The quantitative estimate of drug-likeness (QED) is 0.758. The molecule has 2 aromatic heterocycles. The van der Waals surface area contributed by atoms with Crippen molar-refractivity contribution in [3.63, 3.8) is 0 Å². The molecule has 0 amide bonds. The Morgan fingerprint density at radius 3 is 2.88 bits per heavy atom. The first kappa shape index (κ1) is 10.1. The molecule has 3 heterocycles. The molecule has 0 saturated carbocycles. The van der Waals surface area contributed by atoms with Crippen molar-refractivity contribution < 1.29 is 0 Å². The van der Waals surface area contributed by atoms with Crippen LogP contribution in [-0.2, 0) is 0 Å². The molecule has 0 unspecified atom stereocenters. The topological polar surface area (TPSA) is 30.2 Å². The number of hydrogen-bond acceptors (Lipinski definition) is 3. The Morgan fingerprint density at radius 1 is 1.31 bits per heavy atom. The lowest BCUT2D eigenvalue weighted by Crippen LogP contribution is -2.09. The predicted molar refractivity (Wildman–Crippen MR) is 67.0 cm³/mol. The predicted octanol–water partition coefficient (Wildman–Crippen LogP) is 2.65. The van der Waals surface area contributed by atoms with E-state index in [2.05, 4.69) is 23.1 Å². The average molecular weight is 233 g/mol. The van der Waals surface area contributed by atoms with Gasteiger partial charge in [0.25, 0.3) is 0 Å². The van der Waals surface area contributed by atoms with Gasteiger partial charge in [-0.3, -0.25) is 0 Å². The molecule has 0 radical (unpaired) electrons. The minimum atomic E-state index is 0.570. The molecule has 0 N–H and O–H groups in total. The summed E-state index contributed by atoms with van der Waals surface area (Å²) in [5.74, 6) is 4.11. The smallest absolute Gasteiger partial charge is 0.155 e. The highest BCUT2D eigenvalue weighted by molar-refractivity contribution is 7.99. The van der Waals surface area contributed by atoms with Crippen LogP contribution in [0.2, 0.25) is 0 Å². The van der Waals surface area contributed by atoms with Crippen LogP contribution in [0.1, 0.15) is 30.3 Å². The number of aryl methyl sites for hydroxylation is 1. The minimum absolute atomic E-state index is 0.570. The van der Waals surface area contributed by atoms with Crippen LogP contribution in [0.3, 0.4) is 0 Å². The Labute approximate surface area is 99.3 Å². The lowest BCUT2D eigenvalue weighted by atomic mass is 10.0. The van der Waals surface area contributed by atoms with Crippen molar-refractivity contribution >= 4 is 17.4 Å². The zero-order valence-electron chi connectivity index (χ0n) is 9.39. The fourth-order valence-corrected chi connectivity index (χ4v) is 3.29. The first-order chi connectivity index (χ1) is 7.84. The Morgan fingerprint density at radius 2 is 2.12 bits per heavy atom. The second-order valence-electron chi connectivity index (χ2n) is 4.29. The number of rotatable bonds is 1. The molecular formula is C12H15N3S. The van der Waals surface area contributed by atoms with E-state index in [1.165, 1.54) is 24.3 Å². The molecule has 1 fully saturated rings. The van der Waals surface area contributed by atoms with Gasteiger partial charge in [0.15, 0.2) is 11.5 Å². The summed E-state index contributed by atoms with van der Waals surface area (Å²) < 4.78 is 1.96. The van der Waals surface area contributed by atoms with E-state index in [0.29, 0.717) is 5.92 Å². The molecule has 0 atom stereocenters. The molecule has 3 rings (SSSR count). The molecule has 3 nitrogen and oxygen atoms in total. The highest BCUT2D eigenvalue weighted by Crippen LogP contribution is 2.29. The van der Waals surface area contributed by atoms with Crippen LogP contribution in [0.5, 0.6) is 0 Å². The van der Waals surface area contributed by atoms with Crippen LogP contribution in [0.25, 0.3) is 5.65 Å². The van der Waals surface area contributed by atoms with E-state index in [0.717, 1.165) is 17.2 Å². The maximum atomic E-state index is 4.64. The highest BCUT2D eigenvalue weighted by atomic mass is 32.2. The van der Waals surface area contributed by atoms with Crippen LogP contribution in [0, 0.1) is 6.92 Å². The summed E-state index contributed by atoms with van der Waals surface area (Å²) in [6.45, 7) is 2.07. The molecule has 4 heteroatoms. The van der Waals surface area contributed by atoms with E-state index in [4.69, 9.17) is 0 Å². The Balaban J connectivity index is 2.01. The van der Waals surface area contributed by atoms with Crippen LogP contribution in [0.15, 0.2) is 18.2 Å². The van der Waals surface area contributed by atoms with Crippen molar-refractivity contribution in [3.05, 3.63) is 29.7 Å². The standard InChI is InChI=1S/C12H15N3S/c1-9-3-2-4-11-13-12(14-15(9)11)10-5-7-16-8-6-10/h2-4,10H,5-8H2,1H3. The molecule has 1 saturated heterocycles. The van der Waals surface area contributed by atoms with E-state index in [9.17, 15) is 0 Å². The van der Waals surface area contributed by atoms with Crippen LogP contribution in [0.4, 0.5) is 0 Å². The zero-order chi connectivity index (χ0) is 11.0. The van der Waals surface area contributed by atoms with E-state index in [-0.39, 0.29) is 0 Å². The number of fused-ring (bicyclic) bond motifs is 1. The SMILES string of the molecule is Cc1cccc2nc(C3CCSCC3)nn12. The summed E-state index contributed by atoms with van der Waals surface area (Å²) in [4.78, 5) is 4.64. The molecule has 2 aromatic rings. The highest BCUT2D eigenvalue weighted by Gasteiger charge is 2.20. The van der Waals surface area contributed by atoms with Gasteiger partial charge in [-0.2, -0.15) is 16.9 Å². The molecule has 0 aromatic carbocycles. The van der Waals surface area contributed by atoms with E-state index < -0.39 is 0 Å².